The molecule has 1 N–H and O–H groups in total. The maximum absolute atomic E-state index is 11.3. The SMILES string of the molecule is CCCCO[C@@H](Cc1c(C)cc(C)cc1C)C(=O)O. The number of carboxylic acid groups (broad SMARTS) is 1. The molecule has 0 aromatic heterocycles. The average Bonchev–Trinajstić information content (AvgIpc) is 2.30. The molecule has 1 aromatic rings. The van der Waals surface area contributed by atoms with Gasteiger partial charge in [-0.3, -0.25) is 0 Å². The van der Waals surface area contributed by atoms with Gasteiger partial charge in [0, 0.05) is 13.0 Å². The van der Waals surface area contributed by atoms with Crippen molar-refractivity contribution in [3.63, 3.8) is 0 Å². The number of benzene rings is 1. The summed E-state index contributed by atoms with van der Waals surface area (Å²) in [4.78, 5) is 11.3. The molecular weight excluding hydrogens is 240 g/mol. The Bertz CT molecular complexity index is 415. The Hall–Kier alpha value is -1.35. The minimum atomic E-state index is -0.879. The maximum Gasteiger partial charge on any atom is 0.333 e. The van der Waals surface area contributed by atoms with Crippen molar-refractivity contribution in [2.75, 3.05) is 6.61 Å². The number of aliphatic carboxylic acids is 1. The van der Waals surface area contributed by atoms with Crippen LogP contribution in [0.3, 0.4) is 0 Å². The van der Waals surface area contributed by atoms with E-state index < -0.39 is 12.1 Å². The lowest BCUT2D eigenvalue weighted by atomic mass is 9.95. The van der Waals surface area contributed by atoms with Gasteiger partial charge in [-0.25, -0.2) is 4.79 Å². The maximum atomic E-state index is 11.3. The van der Waals surface area contributed by atoms with Crippen LogP contribution in [0.4, 0.5) is 0 Å². The van der Waals surface area contributed by atoms with Crippen LogP contribution >= 0.6 is 0 Å². The third kappa shape index (κ3) is 4.67. The topological polar surface area (TPSA) is 46.5 Å². The summed E-state index contributed by atoms with van der Waals surface area (Å²) in [5.74, 6) is -0.879. The molecule has 106 valence electrons. The summed E-state index contributed by atoms with van der Waals surface area (Å²) in [6.45, 7) is 8.68. The van der Waals surface area contributed by atoms with Crippen molar-refractivity contribution in [3.05, 3.63) is 34.4 Å². The summed E-state index contributed by atoms with van der Waals surface area (Å²) in [5, 5.41) is 9.25. The minimum Gasteiger partial charge on any atom is -0.479 e. The zero-order valence-corrected chi connectivity index (χ0v) is 12.3. The zero-order chi connectivity index (χ0) is 14.4. The third-order valence-electron chi connectivity index (χ3n) is 3.32. The first-order valence-electron chi connectivity index (χ1n) is 6.86. The number of hydrogen-bond donors (Lipinski definition) is 1. The summed E-state index contributed by atoms with van der Waals surface area (Å²) >= 11 is 0. The highest BCUT2D eigenvalue weighted by Gasteiger charge is 2.20. The van der Waals surface area contributed by atoms with Crippen LogP contribution in [0.25, 0.3) is 0 Å². The molecule has 0 unspecified atom stereocenters. The molecule has 0 saturated carbocycles. The van der Waals surface area contributed by atoms with Gasteiger partial charge in [-0.05, 0) is 43.9 Å². The van der Waals surface area contributed by atoms with Crippen molar-refractivity contribution in [1.29, 1.82) is 0 Å². The fourth-order valence-corrected chi connectivity index (χ4v) is 2.30. The molecule has 0 fully saturated rings. The lowest BCUT2D eigenvalue weighted by Gasteiger charge is -2.17. The molecule has 0 heterocycles. The Morgan fingerprint density at radius 1 is 1.26 bits per heavy atom. The fraction of sp³-hybridized carbons (Fsp3) is 0.562. The smallest absolute Gasteiger partial charge is 0.333 e. The van der Waals surface area contributed by atoms with E-state index >= 15 is 0 Å². The molecule has 3 heteroatoms. The summed E-state index contributed by atoms with van der Waals surface area (Å²) in [5.41, 5.74) is 4.58. The first kappa shape index (κ1) is 15.7. The van der Waals surface area contributed by atoms with Crippen molar-refractivity contribution in [3.8, 4) is 0 Å². The molecule has 0 amide bonds. The largest absolute Gasteiger partial charge is 0.479 e. The van der Waals surface area contributed by atoms with Gasteiger partial charge in [0.25, 0.3) is 0 Å². The quantitative estimate of drug-likeness (QED) is 0.767. The highest BCUT2D eigenvalue weighted by atomic mass is 16.5. The number of hydrogen-bond acceptors (Lipinski definition) is 2. The number of ether oxygens (including phenoxy) is 1. The number of carbonyl (C=O) groups is 1. The highest BCUT2D eigenvalue weighted by molar-refractivity contribution is 5.73. The molecule has 0 radical (unpaired) electrons. The van der Waals surface area contributed by atoms with Crippen molar-refractivity contribution in [2.24, 2.45) is 0 Å². The fourth-order valence-electron chi connectivity index (χ4n) is 2.30. The molecule has 0 bridgehead atoms. The van der Waals surface area contributed by atoms with E-state index in [0.29, 0.717) is 13.0 Å². The Morgan fingerprint density at radius 2 is 1.84 bits per heavy atom. The van der Waals surface area contributed by atoms with Gasteiger partial charge in [0.15, 0.2) is 6.10 Å². The van der Waals surface area contributed by atoms with Crippen molar-refractivity contribution in [1.82, 2.24) is 0 Å². The van der Waals surface area contributed by atoms with Crippen LogP contribution in [0.1, 0.15) is 42.0 Å². The van der Waals surface area contributed by atoms with Gasteiger partial charge in [0.05, 0.1) is 0 Å². The van der Waals surface area contributed by atoms with Crippen molar-refractivity contribution < 1.29 is 14.6 Å². The lowest BCUT2D eigenvalue weighted by molar-refractivity contribution is -0.150. The molecule has 0 aliphatic rings. The number of rotatable bonds is 7. The van der Waals surface area contributed by atoms with E-state index in [0.717, 1.165) is 29.5 Å². The second-order valence-corrected chi connectivity index (χ2v) is 5.13. The van der Waals surface area contributed by atoms with Gasteiger partial charge < -0.3 is 9.84 Å². The monoisotopic (exact) mass is 264 g/mol. The molecule has 19 heavy (non-hydrogen) atoms. The summed E-state index contributed by atoms with van der Waals surface area (Å²) in [7, 11) is 0. The molecule has 0 saturated heterocycles. The van der Waals surface area contributed by atoms with Crippen LogP contribution in [0, 0.1) is 20.8 Å². The molecule has 1 rings (SSSR count). The first-order chi connectivity index (χ1) is 8.95. The van der Waals surface area contributed by atoms with Gasteiger partial charge in [-0.2, -0.15) is 0 Å². The second-order valence-electron chi connectivity index (χ2n) is 5.13. The minimum absolute atomic E-state index is 0.441. The van der Waals surface area contributed by atoms with E-state index in [9.17, 15) is 9.90 Å². The van der Waals surface area contributed by atoms with E-state index in [4.69, 9.17) is 4.74 Å². The Kier molecular flexibility index (Phi) is 6.03. The van der Waals surface area contributed by atoms with Crippen LogP contribution < -0.4 is 0 Å². The standard InChI is InChI=1S/C16H24O3/c1-5-6-7-19-15(16(17)18)10-14-12(3)8-11(2)9-13(14)4/h8-9,15H,5-7,10H2,1-4H3,(H,17,18)/t15-/m0/s1. The first-order valence-corrected chi connectivity index (χ1v) is 6.86. The lowest BCUT2D eigenvalue weighted by Crippen LogP contribution is -2.27. The Labute approximate surface area is 115 Å². The predicted octanol–water partition coefficient (Wildman–Crippen LogP) is 3.42. The number of aryl methyl sites for hydroxylation is 3. The summed E-state index contributed by atoms with van der Waals surface area (Å²) < 4.78 is 5.49. The van der Waals surface area contributed by atoms with Gasteiger partial charge in [-0.15, -0.1) is 0 Å². The molecule has 0 aliphatic carbocycles. The van der Waals surface area contributed by atoms with E-state index in [1.807, 2.05) is 13.8 Å². The van der Waals surface area contributed by atoms with Gasteiger partial charge in [0.1, 0.15) is 0 Å². The van der Waals surface area contributed by atoms with E-state index in [-0.39, 0.29) is 0 Å². The number of carboxylic acids is 1. The normalized spacial score (nSPS) is 12.4. The van der Waals surface area contributed by atoms with Gasteiger partial charge in [-0.1, -0.05) is 31.0 Å². The van der Waals surface area contributed by atoms with Crippen molar-refractivity contribution in [2.45, 2.75) is 53.1 Å². The molecular formula is C16H24O3. The van der Waals surface area contributed by atoms with Crippen LogP contribution in [0.15, 0.2) is 12.1 Å². The highest BCUT2D eigenvalue weighted by Crippen LogP contribution is 2.19. The zero-order valence-electron chi connectivity index (χ0n) is 12.3. The second kappa shape index (κ2) is 7.29. The van der Waals surface area contributed by atoms with Crippen LogP contribution in [-0.2, 0) is 16.0 Å². The van der Waals surface area contributed by atoms with Crippen molar-refractivity contribution >= 4 is 5.97 Å². The molecule has 1 atom stereocenters. The number of unbranched alkanes of at least 4 members (excludes halogenated alkanes) is 1. The molecule has 1 aromatic carbocycles. The van der Waals surface area contributed by atoms with Crippen LogP contribution in [0.2, 0.25) is 0 Å². The van der Waals surface area contributed by atoms with Crippen LogP contribution in [-0.4, -0.2) is 23.8 Å². The van der Waals surface area contributed by atoms with Gasteiger partial charge in [0.2, 0.25) is 0 Å². The Morgan fingerprint density at radius 3 is 2.32 bits per heavy atom. The summed E-state index contributed by atoms with van der Waals surface area (Å²) in [6, 6.07) is 4.18. The average molecular weight is 264 g/mol. The van der Waals surface area contributed by atoms with Gasteiger partial charge >= 0.3 is 5.97 Å². The Balaban J connectivity index is 2.82. The molecule has 0 spiro atoms. The van der Waals surface area contributed by atoms with Crippen LogP contribution in [0.5, 0.6) is 0 Å². The summed E-state index contributed by atoms with van der Waals surface area (Å²) in [6.07, 6.45) is 1.60. The third-order valence-corrected chi connectivity index (χ3v) is 3.32. The molecule has 0 aliphatic heterocycles. The molecule has 3 nitrogen and oxygen atoms in total. The van der Waals surface area contributed by atoms with E-state index in [2.05, 4.69) is 26.0 Å². The van der Waals surface area contributed by atoms with E-state index in [1.54, 1.807) is 0 Å². The van der Waals surface area contributed by atoms with E-state index in [1.165, 1.54) is 5.56 Å². The predicted molar refractivity (Wildman–Crippen MR) is 76.6 cm³/mol.